The van der Waals surface area contributed by atoms with E-state index in [1.165, 1.54) is 0 Å². The number of hydrogen-bond donors (Lipinski definition) is 1. The minimum Gasteiger partial charge on any atom is -0.456 e. The van der Waals surface area contributed by atoms with E-state index >= 15 is 0 Å². The lowest BCUT2D eigenvalue weighted by Crippen LogP contribution is -2.25. The average Bonchev–Trinajstić information content (AvgIpc) is 2.77. The van der Waals surface area contributed by atoms with E-state index in [0.29, 0.717) is 12.3 Å². The maximum Gasteiger partial charge on any atom is 0.287 e. The third kappa shape index (κ3) is 3.17. The third-order valence-electron chi connectivity index (χ3n) is 2.39. The predicted octanol–water partition coefficient (Wildman–Crippen LogP) is 1.96. The quantitative estimate of drug-likeness (QED) is 0.873. The van der Waals surface area contributed by atoms with E-state index in [-0.39, 0.29) is 5.91 Å². The number of carbonyl (C=O) groups is 1. The molecule has 88 valence electrons. The second-order valence-corrected chi connectivity index (χ2v) is 3.78. The highest BCUT2D eigenvalue weighted by Crippen LogP contribution is 2.05. The van der Waals surface area contributed by atoms with E-state index < -0.39 is 0 Å². The SMILES string of the molecule is Cc1ccc(C(=O)NCCc2cccnc2)o1. The molecule has 2 rings (SSSR count). The molecule has 4 nitrogen and oxygen atoms in total. The summed E-state index contributed by atoms with van der Waals surface area (Å²) in [7, 11) is 0. The first-order valence-electron chi connectivity index (χ1n) is 5.49. The van der Waals surface area contributed by atoms with E-state index in [4.69, 9.17) is 4.42 Å². The van der Waals surface area contributed by atoms with E-state index in [1.54, 1.807) is 24.5 Å². The number of aryl methyl sites for hydroxylation is 1. The summed E-state index contributed by atoms with van der Waals surface area (Å²) in [5.41, 5.74) is 1.10. The van der Waals surface area contributed by atoms with Gasteiger partial charge in [-0.2, -0.15) is 0 Å². The first-order chi connectivity index (χ1) is 8.25. The molecule has 0 aliphatic carbocycles. The fourth-order valence-electron chi connectivity index (χ4n) is 1.51. The molecule has 0 aromatic carbocycles. The van der Waals surface area contributed by atoms with Gasteiger partial charge in [0.25, 0.3) is 5.91 Å². The second-order valence-electron chi connectivity index (χ2n) is 3.78. The molecular weight excluding hydrogens is 216 g/mol. The Morgan fingerprint density at radius 3 is 2.94 bits per heavy atom. The lowest BCUT2D eigenvalue weighted by atomic mass is 10.2. The number of nitrogens with one attached hydrogen (secondary N) is 1. The monoisotopic (exact) mass is 230 g/mol. The highest BCUT2D eigenvalue weighted by atomic mass is 16.3. The van der Waals surface area contributed by atoms with Gasteiger partial charge in [-0.15, -0.1) is 0 Å². The van der Waals surface area contributed by atoms with E-state index in [1.807, 2.05) is 19.1 Å². The summed E-state index contributed by atoms with van der Waals surface area (Å²) in [6.45, 7) is 2.39. The maximum atomic E-state index is 11.6. The number of hydrogen-bond acceptors (Lipinski definition) is 3. The van der Waals surface area contributed by atoms with Crippen molar-refractivity contribution in [3.05, 3.63) is 53.7 Å². The van der Waals surface area contributed by atoms with Gasteiger partial charge in [-0.3, -0.25) is 9.78 Å². The lowest BCUT2D eigenvalue weighted by Gasteiger charge is -2.02. The Bertz CT molecular complexity index is 491. The van der Waals surface area contributed by atoms with Crippen LogP contribution < -0.4 is 5.32 Å². The number of amides is 1. The minimum absolute atomic E-state index is 0.179. The predicted molar refractivity (Wildman–Crippen MR) is 63.7 cm³/mol. The molecule has 17 heavy (non-hydrogen) atoms. The molecule has 1 N–H and O–H groups in total. The molecule has 1 amide bonds. The van der Waals surface area contributed by atoms with Crippen molar-refractivity contribution in [2.75, 3.05) is 6.54 Å². The fraction of sp³-hybridized carbons (Fsp3) is 0.231. The van der Waals surface area contributed by atoms with E-state index in [2.05, 4.69) is 10.3 Å². The van der Waals surface area contributed by atoms with Crippen molar-refractivity contribution in [3.63, 3.8) is 0 Å². The van der Waals surface area contributed by atoms with Crippen LogP contribution in [0.25, 0.3) is 0 Å². The Kier molecular flexibility index (Phi) is 3.55. The van der Waals surface area contributed by atoms with Gasteiger partial charge in [0.15, 0.2) is 5.76 Å². The molecule has 4 heteroatoms. The van der Waals surface area contributed by atoms with Crippen LogP contribution in [-0.4, -0.2) is 17.4 Å². The Balaban J connectivity index is 1.81. The molecule has 0 fully saturated rings. The topological polar surface area (TPSA) is 55.1 Å². The van der Waals surface area contributed by atoms with Crippen molar-refractivity contribution in [1.29, 1.82) is 0 Å². The van der Waals surface area contributed by atoms with Crippen molar-refractivity contribution in [3.8, 4) is 0 Å². The Morgan fingerprint density at radius 2 is 2.29 bits per heavy atom. The third-order valence-corrected chi connectivity index (χ3v) is 2.39. The normalized spacial score (nSPS) is 10.2. The van der Waals surface area contributed by atoms with Gasteiger partial charge in [0.1, 0.15) is 5.76 Å². The summed E-state index contributed by atoms with van der Waals surface area (Å²) in [6, 6.07) is 7.31. The molecule has 0 saturated carbocycles. The van der Waals surface area contributed by atoms with Gasteiger partial charge in [-0.1, -0.05) is 6.07 Å². The fourth-order valence-corrected chi connectivity index (χ4v) is 1.51. The Labute approximate surface area is 99.7 Å². The van der Waals surface area contributed by atoms with Crippen LogP contribution in [0.4, 0.5) is 0 Å². The highest BCUT2D eigenvalue weighted by molar-refractivity contribution is 5.91. The number of rotatable bonds is 4. The van der Waals surface area contributed by atoms with Crippen LogP contribution in [-0.2, 0) is 6.42 Å². The molecule has 2 aromatic rings. The average molecular weight is 230 g/mol. The van der Waals surface area contributed by atoms with E-state index in [9.17, 15) is 4.79 Å². The second kappa shape index (κ2) is 5.30. The zero-order valence-electron chi connectivity index (χ0n) is 9.64. The molecule has 0 bridgehead atoms. The van der Waals surface area contributed by atoms with Gasteiger partial charge >= 0.3 is 0 Å². The van der Waals surface area contributed by atoms with Gasteiger partial charge in [-0.25, -0.2) is 0 Å². The van der Waals surface area contributed by atoms with Gasteiger partial charge in [0, 0.05) is 18.9 Å². The Hall–Kier alpha value is -2.10. The van der Waals surface area contributed by atoms with Gasteiger partial charge in [-0.05, 0) is 37.1 Å². The minimum atomic E-state index is -0.179. The number of carbonyl (C=O) groups excluding carboxylic acids is 1. The summed E-state index contributed by atoms with van der Waals surface area (Å²) >= 11 is 0. The molecule has 0 aliphatic rings. The molecule has 2 heterocycles. The van der Waals surface area contributed by atoms with Crippen LogP contribution in [0.2, 0.25) is 0 Å². The summed E-state index contributed by atoms with van der Waals surface area (Å²) in [5.74, 6) is 0.915. The summed E-state index contributed by atoms with van der Waals surface area (Å²) in [4.78, 5) is 15.6. The smallest absolute Gasteiger partial charge is 0.287 e. The van der Waals surface area contributed by atoms with Crippen molar-refractivity contribution >= 4 is 5.91 Å². The van der Waals surface area contributed by atoms with Crippen LogP contribution in [0.15, 0.2) is 41.1 Å². The molecule has 0 unspecified atom stereocenters. The van der Waals surface area contributed by atoms with E-state index in [0.717, 1.165) is 17.7 Å². The Morgan fingerprint density at radius 1 is 1.41 bits per heavy atom. The van der Waals surface area contributed by atoms with Crippen LogP contribution in [0.1, 0.15) is 21.9 Å². The molecule has 0 aliphatic heterocycles. The van der Waals surface area contributed by atoms with Crippen molar-refractivity contribution in [2.45, 2.75) is 13.3 Å². The van der Waals surface area contributed by atoms with Gasteiger partial charge in [0.2, 0.25) is 0 Å². The number of nitrogens with zero attached hydrogens (tertiary/aromatic N) is 1. The van der Waals surface area contributed by atoms with Crippen molar-refractivity contribution < 1.29 is 9.21 Å². The largest absolute Gasteiger partial charge is 0.456 e. The molecule has 0 atom stereocenters. The molecular formula is C13H14N2O2. The zero-order chi connectivity index (χ0) is 12.1. The zero-order valence-corrected chi connectivity index (χ0v) is 9.64. The van der Waals surface area contributed by atoms with Gasteiger partial charge < -0.3 is 9.73 Å². The van der Waals surface area contributed by atoms with Crippen LogP contribution in [0, 0.1) is 6.92 Å². The first-order valence-corrected chi connectivity index (χ1v) is 5.49. The number of pyridine rings is 1. The summed E-state index contributed by atoms with van der Waals surface area (Å²) < 4.78 is 5.22. The molecule has 0 spiro atoms. The number of furan rings is 1. The molecule has 0 radical (unpaired) electrons. The van der Waals surface area contributed by atoms with Crippen LogP contribution in [0.5, 0.6) is 0 Å². The van der Waals surface area contributed by atoms with Crippen molar-refractivity contribution in [1.82, 2.24) is 10.3 Å². The molecule has 2 aromatic heterocycles. The first kappa shape index (κ1) is 11.4. The summed E-state index contributed by atoms with van der Waals surface area (Å²) in [5, 5.41) is 2.80. The van der Waals surface area contributed by atoms with Crippen LogP contribution >= 0.6 is 0 Å². The molecule has 0 saturated heterocycles. The lowest BCUT2D eigenvalue weighted by molar-refractivity contribution is 0.0925. The summed E-state index contributed by atoms with van der Waals surface area (Å²) in [6.07, 6.45) is 4.29. The standard InChI is InChI=1S/C13H14N2O2/c1-10-4-5-12(17-10)13(16)15-8-6-11-3-2-7-14-9-11/h2-5,7,9H,6,8H2,1H3,(H,15,16). The number of aromatic nitrogens is 1. The van der Waals surface area contributed by atoms with Crippen molar-refractivity contribution in [2.24, 2.45) is 0 Å². The highest BCUT2D eigenvalue weighted by Gasteiger charge is 2.08. The maximum absolute atomic E-state index is 11.6. The van der Waals surface area contributed by atoms with Crippen LogP contribution in [0.3, 0.4) is 0 Å². The van der Waals surface area contributed by atoms with Gasteiger partial charge in [0.05, 0.1) is 0 Å².